The first-order valence-corrected chi connectivity index (χ1v) is 9.36. The minimum Gasteiger partial charge on any atom is -0.496 e. The van der Waals surface area contributed by atoms with Crippen molar-refractivity contribution < 1.29 is 18.7 Å². The van der Waals surface area contributed by atoms with Gasteiger partial charge in [0.1, 0.15) is 11.6 Å². The van der Waals surface area contributed by atoms with E-state index < -0.39 is 0 Å². The van der Waals surface area contributed by atoms with Gasteiger partial charge < -0.3 is 15.4 Å². The van der Waals surface area contributed by atoms with Crippen LogP contribution in [0.25, 0.3) is 0 Å². The van der Waals surface area contributed by atoms with Gasteiger partial charge in [-0.2, -0.15) is 0 Å². The summed E-state index contributed by atoms with van der Waals surface area (Å²) in [6.07, 6.45) is 0. The highest BCUT2D eigenvalue weighted by molar-refractivity contribution is 14.1. The SMILES string of the molecule is COc1ccc(C(=O)Nc2cccc(C(=O)Nc3ccc(F)cc3)c2)cc1I. The molecule has 5 nitrogen and oxygen atoms in total. The van der Waals surface area contributed by atoms with Crippen LogP contribution in [0.15, 0.2) is 66.7 Å². The number of rotatable bonds is 5. The third-order valence-electron chi connectivity index (χ3n) is 3.90. The van der Waals surface area contributed by atoms with Gasteiger partial charge in [0.15, 0.2) is 0 Å². The first-order chi connectivity index (χ1) is 13.5. The van der Waals surface area contributed by atoms with Crippen molar-refractivity contribution in [2.45, 2.75) is 0 Å². The molecule has 0 atom stereocenters. The lowest BCUT2D eigenvalue weighted by atomic mass is 10.1. The van der Waals surface area contributed by atoms with Gasteiger partial charge in [0.25, 0.3) is 11.8 Å². The average Bonchev–Trinajstić information content (AvgIpc) is 2.69. The zero-order valence-corrected chi connectivity index (χ0v) is 17.0. The van der Waals surface area contributed by atoms with Crippen molar-refractivity contribution in [3.8, 4) is 5.75 Å². The Labute approximate surface area is 175 Å². The zero-order valence-electron chi connectivity index (χ0n) is 14.8. The molecule has 3 aromatic carbocycles. The fraction of sp³-hybridized carbons (Fsp3) is 0.0476. The summed E-state index contributed by atoms with van der Waals surface area (Å²) in [5.41, 5.74) is 1.81. The number of carbonyl (C=O) groups excluding carboxylic acids is 2. The Kier molecular flexibility index (Phi) is 6.25. The molecule has 3 rings (SSSR count). The predicted octanol–water partition coefficient (Wildman–Crippen LogP) is 4.94. The second kappa shape index (κ2) is 8.83. The molecule has 7 heteroatoms. The third kappa shape index (κ3) is 4.86. The molecule has 0 unspecified atom stereocenters. The van der Waals surface area contributed by atoms with Crippen molar-refractivity contribution in [1.82, 2.24) is 0 Å². The molecule has 0 aliphatic heterocycles. The van der Waals surface area contributed by atoms with Crippen LogP contribution >= 0.6 is 22.6 Å². The molecule has 0 bridgehead atoms. The Hall–Kier alpha value is -2.94. The van der Waals surface area contributed by atoms with Gasteiger partial charge in [0.05, 0.1) is 10.7 Å². The molecule has 0 aliphatic carbocycles. The summed E-state index contributed by atoms with van der Waals surface area (Å²) in [6.45, 7) is 0. The van der Waals surface area contributed by atoms with Crippen molar-refractivity contribution >= 4 is 45.8 Å². The van der Waals surface area contributed by atoms with Crippen molar-refractivity contribution in [3.05, 3.63) is 87.2 Å². The van der Waals surface area contributed by atoms with E-state index in [1.807, 2.05) is 0 Å². The van der Waals surface area contributed by atoms with Crippen LogP contribution < -0.4 is 15.4 Å². The van der Waals surface area contributed by atoms with Crippen LogP contribution in [-0.2, 0) is 0 Å². The van der Waals surface area contributed by atoms with Crippen LogP contribution in [0.1, 0.15) is 20.7 Å². The van der Waals surface area contributed by atoms with Crippen LogP contribution in [0.2, 0.25) is 0 Å². The first kappa shape index (κ1) is 19.8. The standard InChI is InChI=1S/C21H16FIN2O3/c1-28-19-10-5-14(12-18(19)23)21(27)25-17-4-2-3-13(11-17)20(26)24-16-8-6-15(22)7-9-16/h2-12H,1H3,(H,24,26)(H,25,27). The summed E-state index contributed by atoms with van der Waals surface area (Å²) in [7, 11) is 1.57. The summed E-state index contributed by atoms with van der Waals surface area (Å²) >= 11 is 2.10. The van der Waals surface area contributed by atoms with E-state index in [1.54, 1.807) is 49.6 Å². The first-order valence-electron chi connectivity index (χ1n) is 8.28. The van der Waals surface area contributed by atoms with E-state index in [4.69, 9.17) is 4.74 Å². The summed E-state index contributed by atoms with van der Waals surface area (Å²) in [5, 5.41) is 5.46. The maximum Gasteiger partial charge on any atom is 0.255 e. The molecule has 142 valence electrons. The van der Waals surface area contributed by atoms with Crippen molar-refractivity contribution in [3.63, 3.8) is 0 Å². The molecule has 0 saturated heterocycles. The molecule has 0 aromatic heterocycles. The van der Waals surface area contributed by atoms with Gasteiger partial charge in [-0.25, -0.2) is 4.39 Å². The summed E-state index contributed by atoms with van der Waals surface area (Å²) in [4.78, 5) is 24.9. The van der Waals surface area contributed by atoms with Crippen LogP contribution in [0, 0.1) is 9.39 Å². The van der Waals surface area contributed by atoms with Crippen molar-refractivity contribution in [2.24, 2.45) is 0 Å². The predicted molar refractivity (Wildman–Crippen MR) is 114 cm³/mol. The molecule has 0 radical (unpaired) electrons. The normalized spacial score (nSPS) is 10.2. The Balaban J connectivity index is 1.72. The van der Waals surface area contributed by atoms with Gasteiger partial charge in [0, 0.05) is 22.5 Å². The molecule has 0 aliphatic rings. The summed E-state index contributed by atoms with van der Waals surface area (Å²) < 4.78 is 19.0. The van der Waals surface area contributed by atoms with Crippen molar-refractivity contribution in [1.29, 1.82) is 0 Å². The maximum atomic E-state index is 13.0. The highest BCUT2D eigenvalue weighted by Crippen LogP contribution is 2.22. The second-order valence-corrected chi connectivity index (χ2v) is 7.01. The summed E-state index contributed by atoms with van der Waals surface area (Å²) in [6, 6.07) is 17.2. The summed E-state index contributed by atoms with van der Waals surface area (Å²) in [5.74, 6) is -0.342. The number of ether oxygens (including phenoxy) is 1. The van der Waals surface area contributed by atoms with Gasteiger partial charge in [-0.1, -0.05) is 6.07 Å². The van der Waals surface area contributed by atoms with Crippen LogP contribution in [0.4, 0.5) is 15.8 Å². The topological polar surface area (TPSA) is 67.4 Å². The van der Waals surface area contributed by atoms with E-state index in [1.165, 1.54) is 24.3 Å². The molecule has 0 fully saturated rings. The fourth-order valence-electron chi connectivity index (χ4n) is 2.49. The average molecular weight is 490 g/mol. The number of hydrogen-bond donors (Lipinski definition) is 2. The van der Waals surface area contributed by atoms with E-state index in [2.05, 4.69) is 33.2 Å². The molecule has 28 heavy (non-hydrogen) atoms. The van der Waals surface area contributed by atoms with Gasteiger partial charge >= 0.3 is 0 Å². The quantitative estimate of drug-likeness (QED) is 0.498. The third-order valence-corrected chi connectivity index (χ3v) is 4.74. The Morgan fingerprint density at radius 3 is 2.14 bits per heavy atom. The second-order valence-electron chi connectivity index (χ2n) is 5.85. The van der Waals surface area contributed by atoms with E-state index in [0.717, 1.165) is 3.57 Å². The molecule has 2 N–H and O–H groups in total. The lowest BCUT2D eigenvalue weighted by molar-refractivity contribution is 0.101. The minimum atomic E-state index is -0.379. The highest BCUT2D eigenvalue weighted by Gasteiger charge is 2.11. The monoisotopic (exact) mass is 490 g/mol. The maximum absolute atomic E-state index is 13.0. The lowest BCUT2D eigenvalue weighted by Crippen LogP contribution is -2.15. The number of amides is 2. The van der Waals surface area contributed by atoms with Gasteiger partial charge in [-0.05, 0) is 83.3 Å². The number of benzene rings is 3. The number of hydrogen-bond acceptors (Lipinski definition) is 3. The zero-order chi connectivity index (χ0) is 20.1. The molecule has 0 saturated carbocycles. The smallest absolute Gasteiger partial charge is 0.255 e. The Morgan fingerprint density at radius 1 is 0.857 bits per heavy atom. The van der Waals surface area contributed by atoms with Crippen LogP contribution in [-0.4, -0.2) is 18.9 Å². The van der Waals surface area contributed by atoms with E-state index >= 15 is 0 Å². The Bertz CT molecular complexity index is 1020. The van der Waals surface area contributed by atoms with Crippen LogP contribution in [0.5, 0.6) is 5.75 Å². The highest BCUT2D eigenvalue weighted by atomic mass is 127. The number of carbonyl (C=O) groups is 2. The van der Waals surface area contributed by atoms with E-state index in [9.17, 15) is 14.0 Å². The minimum absolute atomic E-state index is 0.295. The fourth-order valence-corrected chi connectivity index (χ4v) is 3.22. The number of halogens is 2. The molecule has 3 aromatic rings. The van der Waals surface area contributed by atoms with Crippen LogP contribution in [0.3, 0.4) is 0 Å². The number of nitrogens with one attached hydrogen (secondary N) is 2. The molecule has 2 amide bonds. The van der Waals surface area contributed by atoms with Gasteiger partial charge in [-0.3, -0.25) is 9.59 Å². The molecule has 0 spiro atoms. The molecule has 0 heterocycles. The van der Waals surface area contributed by atoms with Gasteiger partial charge in [-0.15, -0.1) is 0 Å². The van der Waals surface area contributed by atoms with E-state index in [-0.39, 0.29) is 17.6 Å². The van der Waals surface area contributed by atoms with Gasteiger partial charge in [0.2, 0.25) is 0 Å². The number of methoxy groups -OCH3 is 1. The Morgan fingerprint density at radius 2 is 1.50 bits per heavy atom. The number of anilines is 2. The lowest BCUT2D eigenvalue weighted by Gasteiger charge is -2.10. The largest absolute Gasteiger partial charge is 0.496 e. The van der Waals surface area contributed by atoms with Crippen molar-refractivity contribution in [2.75, 3.05) is 17.7 Å². The molecular formula is C21H16FIN2O3. The molecular weight excluding hydrogens is 474 g/mol. The van der Waals surface area contributed by atoms with E-state index in [0.29, 0.717) is 28.3 Å².